The molecule has 0 aliphatic rings. The van der Waals surface area contributed by atoms with Gasteiger partial charge in [-0.25, -0.2) is 4.39 Å². The molecule has 0 saturated carbocycles. The van der Waals surface area contributed by atoms with Gasteiger partial charge < -0.3 is 4.90 Å². The Bertz CT molecular complexity index is 560. The molecule has 2 nitrogen and oxygen atoms in total. The summed E-state index contributed by atoms with van der Waals surface area (Å²) in [6.07, 6.45) is 0.420. The largest absolute Gasteiger partial charge is 0.366 e. The molecular weight excluding hydrogens is 239 g/mol. The molecule has 0 spiro atoms. The lowest BCUT2D eigenvalue weighted by Crippen LogP contribution is -2.24. The monoisotopic (exact) mass is 254 g/mol. The minimum Gasteiger partial charge on any atom is -0.366 e. The summed E-state index contributed by atoms with van der Waals surface area (Å²) in [5.41, 5.74) is 1.64. The zero-order chi connectivity index (χ0) is 13.5. The van der Waals surface area contributed by atoms with E-state index in [1.165, 1.54) is 6.07 Å². The molecule has 19 heavy (non-hydrogen) atoms. The van der Waals surface area contributed by atoms with Crippen LogP contribution in [0.3, 0.4) is 0 Å². The van der Waals surface area contributed by atoms with Crippen LogP contribution in [0.1, 0.15) is 12.0 Å². The molecule has 0 radical (unpaired) electrons. The van der Waals surface area contributed by atoms with Gasteiger partial charge in [-0.15, -0.1) is 0 Å². The van der Waals surface area contributed by atoms with E-state index < -0.39 is 0 Å². The van der Waals surface area contributed by atoms with Crippen LogP contribution in [0.2, 0.25) is 0 Å². The normalized spacial score (nSPS) is 9.89. The van der Waals surface area contributed by atoms with Gasteiger partial charge >= 0.3 is 0 Å². The van der Waals surface area contributed by atoms with Gasteiger partial charge in [0, 0.05) is 24.3 Å². The molecule has 3 heteroatoms. The number of nitriles is 1. The first-order valence-corrected chi connectivity index (χ1v) is 6.21. The summed E-state index contributed by atoms with van der Waals surface area (Å²) in [5.74, 6) is -0.208. The Morgan fingerprint density at radius 3 is 2.37 bits per heavy atom. The second kappa shape index (κ2) is 6.55. The van der Waals surface area contributed by atoms with Crippen molar-refractivity contribution in [1.82, 2.24) is 0 Å². The van der Waals surface area contributed by atoms with Gasteiger partial charge in [-0.2, -0.15) is 5.26 Å². The topological polar surface area (TPSA) is 27.0 Å². The van der Waals surface area contributed by atoms with E-state index in [0.29, 0.717) is 25.1 Å². The van der Waals surface area contributed by atoms with E-state index in [0.717, 1.165) is 5.69 Å². The molecule has 0 aliphatic heterocycles. The van der Waals surface area contributed by atoms with E-state index in [4.69, 9.17) is 5.26 Å². The maximum Gasteiger partial charge on any atom is 0.128 e. The van der Waals surface area contributed by atoms with Crippen LogP contribution in [-0.4, -0.2) is 6.54 Å². The third-order valence-electron chi connectivity index (χ3n) is 2.93. The summed E-state index contributed by atoms with van der Waals surface area (Å²) in [7, 11) is 0. The van der Waals surface area contributed by atoms with Crippen LogP contribution in [0.4, 0.5) is 10.1 Å². The third-order valence-corrected chi connectivity index (χ3v) is 2.93. The summed E-state index contributed by atoms with van der Waals surface area (Å²) < 4.78 is 13.7. The van der Waals surface area contributed by atoms with Crippen LogP contribution < -0.4 is 4.90 Å². The van der Waals surface area contributed by atoms with E-state index in [9.17, 15) is 4.39 Å². The van der Waals surface area contributed by atoms with Crippen LogP contribution in [0.15, 0.2) is 54.6 Å². The molecule has 0 aromatic heterocycles. The smallest absolute Gasteiger partial charge is 0.128 e. The lowest BCUT2D eigenvalue weighted by Gasteiger charge is -2.24. The fraction of sp³-hybridized carbons (Fsp3) is 0.188. The molecule has 0 heterocycles. The Hall–Kier alpha value is -2.34. The highest BCUT2D eigenvalue weighted by Gasteiger charge is 2.09. The second-order valence-corrected chi connectivity index (χ2v) is 4.26. The van der Waals surface area contributed by atoms with Crippen LogP contribution in [0.25, 0.3) is 0 Å². The van der Waals surface area contributed by atoms with Crippen molar-refractivity contribution in [3.8, 4) is 6.07 Å². The predicted octanol–water partition coefficient (Wildman–Crippen LogP) is 3.75. The lowest BCUT2D eigenvalue weighted by atomic mass is 10.1. The number of benzene rings is 2. The van der Waals surface area contributed by atoms with Crippen molar-refractivity contribution in [2.75, 3.05) is 11.4 Å². The number of hydrogen-bond donors (Lipinski definition) is 0. The molecule has 0 N–H and O–H groups in total. The molecule has 0 amide bonds. The first-order valence-electron chi connectivity index (χ1n) is 6.21. The molecule has 0 saturated heterocycles. The number of hydrogen-bond acceptors (Lipinski definition) is 2. The van der Waals surface area contributed by atoms with Crippen molar-refractivity contribution >= 4 is 5.69 Å². The van der Waals surface area contributed by atoms with Crippen molar-refractivity contribution in [3.05, 3.63) is 66.0 Å². The van der Waals surface area contributed by atoms with Gasteiger partial charge in [0.1, 0.15) is 5.82 Å². The molecule has 0 bridgehead atoms. The number of halogens is 1. The molecule has 0 atom stereocenters. The minimum atomic E-state index is -0.208. The zero-order valence-electron chi connectivity index (χ0n) is 10.6. The minimum absolute atomic E-state index is 0.208. The van der Waals surface area contributed by atoms with Crippen molar-refractivity contribution in [2.24, 2.45) is 0 Å². The van der Waals surface area contributed by atoms with Crippen LogP contribution in [-0.2, 0) is 6.54 Å². The molecule has 0 fully saturated rings. The zero-order valence-corrected chi connectivity index (χ0v) is 10.6. The van der Waals surface area contributed by atoms with Crippen molar-refractivity contribution in [2.45, 2.75) is 13.0 Å². The number of rotatable bonds is 5. The Morgan fingerprint density at radius 1 is 1.00 bits per heavy atom. The third kappa shape index (κ3) is 3.56. The lowest BCUT2D eigenvalue weighted by molar-refractivity contribution is 0.604. The summed E-state index contributed by atoms with van der Waals surface area (Å²) in [6.45, 7) is 1.06. The van der Waals surface area contributed by atoms with Crippen LogP contribution in [0, 0.1) is 17.1 Å². The number of nitrogens with zero attached hydrogens (tertiary/aromatic N) is 2. The van der Waals surface area contributed by atoms with Gasteiger partial charge in [-0.3, -0.25) is 0 Å². The highest BCUT2D eigenvalue weighted by Crippen LogP contribution is 2.18. The Kier molecular flexibility index (Phi) is 4.52. The maximum absolute atomic E-state index is 13.7. The van der Waals surface area contributed by atoms with Crippen LogP contribution >= 0.6 is 0 Å². The highest BCUT2D eigenvalue weighted by molar-refractivity contribution is 5.46. The molecule has 2 aromatic rings. The van der Waals surface area contributed by atoms with Gasteiger partial charge in [0.05, 0.1) is 12.5 Å². The summed E-state index contributed by atoms with van der Waals surface area (Å²) in [5, 5.41) is 8.73. The number of anilines is 1. The van der Waals surface area contributed by atoms with Gasteiger partial charge in [0.25, 0.3) is 0 Å². The Labute approximate surface area is 112 Å². The summed E-state index contributed by atoms with van der Waals surface area (Å²) >= 11 is 0. The fourth-order valence-corrected chi connectivity index (χ4v) is 1.96. The summed E-state index contributed by atoms with van der Waals surface area (Å²) in [6, 6.07) is 18.6. The van der Waals surface area contributed by atoms with Gasteiger partial charge in [0.2, 0.25) is 0 Å². The fourth-order valence-electron chi connectivity index (χ4n) is 1.96. The highest BCUT2D eigenvalue weighted by atomic mass is 19.1. The Morgan fingerprint density at radius 2 is 1.68 bits per heavy atom. The van der Waals surface area contributed by atoms with Gasteiger partial charge in [-0.05, 0) is 18.2 Å². The standard InChI is InChI=1S/C16H15FN2/c17-16-10-5-4-7-14(16)13-19(12-6-11-18)15-8-2-1-3-9-15/h1-5,7-10H,6,12-13H2. The van der Waals surface area contributed by atoms with E-state index in [1.807, 2.05) is 41.3 Å². The average Bonchev–Trinajstić information content (AvgIpc) is 2.46. The van der Waals surface area contributed by atoms with Gasteiger partial charge in [0.15, 0.2) is 0 Å². The van der Waals surface area contributed by atoms with E-state index in [1.54, 1.807) is 12.1 Å². The number of para-hydroxylation sites is 1. The quantitative estimate of drug-likeness (QED) is 0.812. The van der Waals surface area contributed by atoms with Gasteiger partial charge in [-0.1, -0.05) is 36.4 Å². The first-order chi connectivity index (χ1) is 9.31. The second-order valence-electron chi connectivity index (χ2n) is 4.26. The van der Waals surface area contributed by atoms with E-state index in [2.05, 4.69) is 6.07 Å². The SMILES string of the molecule is N#CCCN(Cc1ccccc1F)c1ccccc1. The van der Waals surface area contributed by atoms with Crippen LogP contribution in [0.5, 0.6) is 0 Å². The first kappa shape index (κ1) is 13.1. The molecule has 96 valence electrons. The summed E-state index contributed by atoms with van der Waals surface area (Å²) in [4.78, 5) is 2.02. The molecule has 2 aromatic carbocycles. The van der Waals surface area contributed by atoms with E-state index >= 15 is 0 Å². The predicted molar refractivity (Wildman–Crippen MR) is 74.1 cm³/mol. The average molecular weight is 254 g/mol. The molecular formula is C16H15FN2. The van der Waals surface area contributed by atoms with Crippen molar-refractivity contribution in [3.63, 3.8) is 0 Å². The molecule has 0 aliphatic carbocycles. The maximum atomic E-state index is 13.7. The van der Waals surface area contributed by atoms with Crippen molar-refractivity contribution in [1.29, 1.82) is 5.26 Å². The van der Waals surface area contributed by atoms with E-state index in [-0.39, 0.29) is 5.82 Å². The molecule has 2 rings (SSSR count). The van der Waals surface area contributed by atoms with Crippen molar-refractivity contribution < 1.29 is 4.39 Å². The Balaban J connectivity index is 2.20. The molecule has 0 unspecified atom stereocenters.